The fourth-order valence-electron chi connectivity index (χ4n) is 1.69. The maximum atomic E-state index is 11.8. The third-order valence-corrected chi connectivity index (χ3v) is 2.84. The molecule has 1 amide bonds. The fraction of sp³-hybridized carbons (Fsp3) is 0.143. The number of amides is 1. The molecule has 0 spiro atoms. The summed E-state index contributed by atoms with van der Waals surface area (Å²) in [7, 11) is 0. The molecule has 0 atom stereocenters. The van der Waals surface area contributed by atoms with Gasteiger partial charge in [0, 0.05) is 6.07 Å². The van der Waals surface area contributed by atoms with Crippen LogP contribution in [0.15, 0.2) is 41.0 Å². The number of nitrogen functional groups attached to an aromatic ring is 1. The molecule has 0 saturated carbocycles. The van der Waals surface area contributed by atoms with E-state index in [1.807, 2.05) is 0 Å². The van der Waals surface area contributed by atoms with Crippen molar-refractivity contribution in [2.45, 2.75) is 6.54 Å². The molecule has 2 aromatic rings. The zero-order valence-electron chi connectivity index (χ0n) is 11.9. The lowest BCUT2D eigenvalue weighted by molar-refractivity contribution is -0.383. The van der Waals surface area contributed by atoms with Crippen molar-refractivity contribution in [1.82, 2.24) is 5.32 Å². The van der Waals surface area contributed by atoms with Crippen molar-refractivity contribution < 1.29 is 23.7 Å². The van der Waals surface area contributed by atoms with E-state index in [0.717, 1.165) is 6.07 Å². The van der Waals surface area contributed by atoms with Gasteiger partial charge in [0.2, 0.25) is 0 Å². The number of nitro groups is 1. The van der Waals surface area contributed by atoms with Crippen LogP contribution in [-0.4, -0.2) is 23.4 Å². The van der Waals surface area contributed by atoms with E-state index in [2.05, 4.69) is 5.32 Å². The quantitative estimate of drug-likeness (QED) is 0.353. The van der Waals surface area contributed by atoms with Crippen LogP contribution in [0.5, 0.6) is 0 Å². The summed E-state index contributed by atoms with van der Waals surface area (Å²) in [5.74, 6) is -0.834. The first-order valence-electron chi connectivity index (χ1n) is 6.47. The zero-order valence-corrected chi connectivity index (χ0v) is 11.9. The highest BCUT2D eigenvalue weighted by Crippen LogP contribution is 2.22. The van der Waals surface area contributed by atoms with Gasteiger partial charge in [-0.15, -0.1) is 0 Å². The Morgan fingerprint density at radius 3 is 2.78 bits per heavy atom. The molecule has 0 aliphatic heterocycles. The van der Waals surface area contributed by atoms with Crippen molar-refractivity contribution in [2.24, 2.45) is 0 Å². The van der Waals surface area contributed by atoms with Gasteiger partial charge in [-0.05, 0) is 24.3 Å². The summed E-state index contributed by atoms with van der Waals surface area (Å²) in [6.07, 6.45) is 1.47. The number of carbonyl (C=O) groups excluding carboxylic acids is 2. The second-order valence-electron chi connectivity index (χ2n) is 4.46. The minimum absolute atomic E-state index is 0.0651. The van der Waals surface area contributed by atoms with Gasteiger partial charge < -0.3 is 20.2 Å². The molecular formula is C14H13N3O6. The number of nitro benzene ring substituents is 1. The largest absolute Gasteiger partial charge is 0.467 e. The van der Waals surface area contributed by atoms with Gasteiger partial charge in [0.25, 0.3) is 11.6 Å². The second-order valence-corrected chi connectivity index (χ2v) is 4.46. The van der Waals surface area contributed by atoms with Gasteiger partial charge in [-0.1, -0.05) is 0 Å². The molecular weight excluding hydrogens is 306 g/mol. The number of rotatable bonds is 6. The van der Waals surface area contributed by atoms with E-state index in [0.29, 0.717) is 5.76 Å². The predicted octanol–water partition coefficient (Wildman–Crippen LogP) is 1.24. The third kappa shape index (κ3) is 4.30. The van der Waals surface area contributed by atoms with E-state index < -0.39 is 29.1 Å². The molecule has 1 aromatic carbocycles. The Morgan fingerprint density at radius 2 is 2.13 bits per heavy atom. The van der Waals surface area contributed by atoms with E-state index >= 15 is 0 Å². The molecule has 0 aliphatic carbocycles. The number of benzene rings is 1. The van der Waals surface area contributed by atoms with Crippen molar-refractivity contribution >= 4 is 23.3 Å². The van der Waals surface area contributed by atoms with Crippen molar-refractivity contribution in [1.29, 1.82) is 0 Å². The number of nitrogens with two attached hydrogens (primary N) is 1. The first-order chi connectivity index (χ1) is 11.0. The number of nitrogens with one attached hydrogen (secondary N) is 1. The Bertz CT molecular complexity index is 726. The minimum Gasteiger partial charge on any atom is -0.467 e. The first-order valence-corrected chi connectivity index (χ1v) is 6.47. The highest BCUT2D eigenvalue weighted by atomic mass is 16.6. The summed E-state index contributed by atoms with van der Waals surface area (Å²) >= 11 is 0. The zero-order chi connectivity index (χ0) is 16.8. The van der Waals surface area contributed by atoms with Gasteiger partial charge in [-0.3, -0.25) is 14.9 Å². The van der Waals surface area contributed by atoms with Crippen molar-refractivity contribution in [2.75, 3.05) is 12.3 Å². The van der Waals surface area contributed by atoms with Crippen LogP contribution < -0.4 is 11.1 Å². The molecule has 0 radical (unpaired) electrons. The first kappa shape index (κ1) is 16.0. The second kappa shape index (κ2) is 7.07. The fourth-order valence-corrected chi connectivity index (χ4v) is 1.69. The number of esters is 1. The SMILES string of the molecule is Nc1ccc(C(=O)OCC(=O)NCc2ccco2)cc1[N+](=O)[O-]. The normalized spacial score (nSPS) is 10.1. The molecule has 0 saturated heterocycles. The average Bonchev–Trinajstić information content (AvgIpc) is 3.04. The molecule has 23 heavy (non-hydrogen) atoms. The summed E-state index contributed by atoms with van der Waals surface area (Å²) in [5, 5.41) is 13.3. The number of furan rings is 1. The van der Waals surface area contributed by atoms with Crippen molar-refractivity contribution in [3.05, 3.63) is 58.0 Å². The molecule has 120 valence electrons. The molecule has 2 rings (SSSR count). The maximum absolute atomic E-state index is 11.8. The highest BCUT2D eigenvalue weighted by Gasteiger charge is 2.17. The molecule has 0 unspecified atom stereocenters. The van der Waals surface area contributed by atoms with Gasteiger partial charge in [-0.25, -0.2) is 4.79 Å². The Balaban J connectivity index is 1.88. The molecule has 0 fully saturated rings. The Kier molecular flexibility index (Phi) is 4.92. The number of carbonyl (C=O) groups is 2. The lowest BCUT2D eigenvalue weighted by Gasteiger charge is -2.06. The summed E-state index contributed by atoms with van der Waals surface area (Å²) < 4.78 is 9.82. The van der Waals surface area contributed by atoms with Crippen molar-refractivity contribution in [3.63, 3.8) is 0 Å². The predicted molar refractivity (Wildman–Crippen MR) is 78.3 cm³/mol. The topological polar surface area (TPSA) is 138 Å². The van der Waals surface area contributed by atoms with Crippen LogP contribution in [0.25, 0.3) is 0 Å². The highest BCUT2D eigenvalue weighted by molar-refractivity contribution is 5.92. The maximum Gasteiger partial charge on any atom is 0.338 e. The third-order valence-electron chi connectivity index (χ3n) is 2.84. The van der Waals surface area contributed by atoms with Crippen LogP contribution in [0.1, 0.15) is 16.1 Å². The summed E-state index contributed by atoms with van der Waals surface area (Å²) in [5.41, 5.74) is 4.90. The molecule has 0 aliphatic rings. The van der Waals surface area contributed by atoms with Crippen LogP contribution in [0, 0.1) is 10.1 Å². The standard InChI is InChI=1S/C14H13N3O6/c15-11-4-3-9(6-12(11)17(20)21)14(19)23-8-13(18)16-7-10-2-1-5-22-10/h1-6H,7-8,15H2,(H,16,18). The van der Waals surface area contributed by atoms with E-state index in [-0.39, 0.29) is 17.8 Å². The molecule has 9 heteroatoms. The van der Waals surface area contributed by atoms with E-state index in [1.165, 1.54) is 18.4 Å². The van der Waals surface area contributed by atoms with Crippen LogP contribution in [0.3, 0.4) is 0 Å². The Labute approximate surface area is 130 Å². The van der Waals surface area contributed by atoms with E-state index in [9.17, 15) is 19.7 Å². The van der Waals surface area contributed by atoms with Crippen LogP contribution in [-0.2, 0) is 16.1 Å². The lowest BCUT2D eigenvalue weighted by atomic mass is 10.2. The van der Waals surface area contributed by atoms with E-state index in [4.69, 9.17) is 14.9 Å². The van der Waals surface area contributed by atoms with Gasteiger partial charge in [0.05, 0.1) is 23.3 Å². The monoisotopic (exact) mass is 319 g/mol. The van der Waals surface area contributed by atoms with Crippen LogP contribution >= 0.6 is 0 Å². The average molecular weight is 319 g/mol. The van der Waals surface area contributed by atoms with Crippen LogP contribution in [0.4, 0.5) is 11.4 Å². The number of nitrogens with zero attached hydrogens (tertiary/aromatic N) is 1. The molecule has 1 aromatic heterocycles. The number of ether oxygens (including phenoxy) is 1. The lowest BCUT2D eigenvalue weighted by Crippen LogP contribution is -2.28. The molecule has 9 nitrogen and oxygen atoms in total. The minimum atomic E-state index is -0.860. The number of hydrogen-bond acceptors (Lipinski definition) is 7. The Hall–Kier alpha value is -3.36. The van der Waals surface area contributed by atoms with E-state index in [1.54, 1.807) is 12.1 Å². The van der Waals surface area contributed by atoms with Gasteiger partial charge in [0.1, 0.15) is 11.4 Å². The summed E-state index contributed by atoms with van der Waals surface area (Å²) in [6.45, 7) is -0.353. The van der Waals surface area contributed by atoms with Gasteiger partial charge in [-0.2, -0.15) is 0 Å². The summed E-state index contributed by atoms with van der Waals surface area (Å²) in [6, 6.07) is 6.87. The smallest absolute Gasteiger partial charge is 0.338 e. The number of hydrogen-bond donors (Lipinski definition) is 2. The molecule has 1 heterocycles. The summed E-state index contributed by atoms with van der Waals surface area (Å²) in [4.78, 5) is 33.4. The van der Waals surface area contributed by atoms with Crippen molar-refractivity contribution in [3.8, 4) is 0 Å². The molecule has 3 N–H and O–H groups in total. The van der Waals surface area contributed by atoms with Gasteiger partial charge >= 0.3 is 5.97 Å². The number of anilines is 1. The Morgan fingerprint density at radius 1 is 1.35 bits per heavy atom. The van der Waals surface area contributed by atoms with Gasteiger partial charge in [0.15, 0.2) is 6.61 Å². The van der Waals surface area contributed by atoms with Crippen LogP contribution in [0.2, 0.25) is 0 Å². The molecule has 0 bridgehead atoms.